The first kappa shape index (κ1) is 23.6. The summed E-state index contributed by atoms with van der Waals surface area (Å²) in [5.74, 6) is 2.26. The Bertz CT molecular complexity index is 848. The van der Waals surface area contributed by atoms with Gasteiger partial charge in [-0.25, -0.2) is 8.42 Å². The molecule has 6 nitrogen and oxygen atoms in total. The molecule has 0 bridgehead atoms. The zero-order valence-electron chi connectivity index (χ0n) is 18.3. The molecule has 1 aromatic rings. The van der Waals surface area contributed by atoms with E-state index in [0.717, 1.165) is 50.3 Å². The third-order valence-corrected chi connectivity index (χ3v) is 8.69. The van der Waals surface area contributed by atoms with E-state index in [2.05, 4.69) is 17.0 Å². The van der Waals surface area contributed by atoms with Gasteiger partial charge in [-0.2, -0.15) is 4.31 Å². The van der Waals surface area contributed by atoms with E-state index in [1.807, 2.05) is 18.2 Å². The van der Waals surface area contributed by atoms with Crippen LogP contribution in [0.25, 0.3) is 0 Å². The fourth-order valence-corrected chi connectivity index (χ4v) is 6.87. The molecule has 2 fully saturated rings. The summed E-state index contributed by atoms with van der Waals surface area (Å²) in [6, 6.07) is 4.67. The molecule has 0 radical (unpaired) electrons. The van der Waals surface area contributed by atoms with Crippen molar-refractivity contribution in [3.05, 3.63) is 23.3 Å². The number of ether oxygens (including phenoxy) is 2. The molecular formula is C22H35ClN2O4S. The monoisotopic (exact) mass is 458 g/mol. The smallest absolute Gasteiger partial charge is 0.214 e. The SMILES string of the molecule is CCOc1cc2c(cc1OCC)[C@@H]1C[C@H]3[C@H](CCCN3S(=O)(=O)CC)CN1CC2.Cl. The second-order valence-electron chi connectivity index (χ2n) is 8.34. The van der Waals surface area contributed by atoms with Gasteiger partial charge in [0, 0.05) is 31.7 Å². The molecule has 0 amide bonds. The minimum atomic E-state index is -3.17. The molecule has 8 heteroatoms. The highest BCUT2D eigenvalue weighted by atomic mass is 35.5. The Labute approximate surface area is 187 Å². The number of fused-ring (bicyclic) bond motifs is 4. The first-order chi connectivity index (χ1) is 14.0. The third kappa shape index (κ3) is 4.31. The number of nitrogens with zero attached hydrogens (tertiary/aromatic N) is 2. The van der Waals surface area contributed by atoms with Crippen LogP contribution in [0.5, 0.6) is 11.5 Å². The van der Waals surface area contributed by atoms with Gasteiger partial charge in [0.05, 0.1) is 19.0 Å². The summed E-state index contributed by atoms with van der Waals surface area (Å²) in [7, 11) is -3.17. The van der Waals surface area contributed by atoms with E-state index in [-0.39, 0.29) is 30.2 Å². The molecule has 0 N–H and O–H groups in total. The van der Waals surface area contributed by atoms with Crippen LogP contribution in [0.3, 0.4) is 0 Å². The molecular weight excluding hydrogens is 424 g/mol. The van der Waals surface area contributed by atoms with E-state index in [1.165, 1.54) is 11.1 Å². The number of hydrogen-bond acceptors (Lipinski definition) is 5. The lowest BCUT2D eigenvalue weighted by Gasteiger charge is -2.51. The Morgan fingerprint density at radius 1 is 1.07 bits per heavy atom. The summed E-state index contributed by atoms with van der Waals surface area (Å²) in [6.45, 7) is 9.63. The maximum Gasteiger partial charge on any atom is 0.214 e. The number of hydrogen-bond donors (Lipinski definition) is 0. The lowest BCUT2D eigenvalue weighted by molar-refractivity contribution is 0.0219. The van der Waals surface area contributed by atoms with Gasteiger partial charge in [0.1, 0.15) is 0 Å². The van der Waals surface area contributed by atoms with Crippen molar-refractivity contribution < 1.29 is 17.9 Å². The van der Waals surface area contributed by atoms with Crippen LogP contribution in [0.2, 0.25) is 0 Å². The molecule has 170 valence electrons. The standard InChI is InChI=1S/C22H34N2O4S.ClH/c1-4-27-21-12-16-9-11-23-15-17-8-7-10-24(29(25,26)6-3)19(17)14-20(23)18(16)13-22(21)28-5-2;/h12-13,17,19-20H,4-11,14-15H2,1-3H3;1H/t17-,19+,20+;/m1./s1. The van der Waals surface area contributed by atoms with Crippen LogP contribution >= 0.6 is 12.4 Å². The predicted octanol–water partition coefficient (Wildman–Crippen LogP) is 3.64. The lowest BCUT2D eigenvalue weighted by atomic mass is 9.77. The van der Waals surface area contributed by atoms with E-state index in [1.54, 1.807) is 6.92 Å². The molecule has 0 spiro atoms. The predicted molar refractivity (Wildman–Crippen MR) is 121 cm³/mol. The fraction of sp³-hybridized carbons (Fsp3) is 0.727. The summed E-state index contributed by atoms with van der Waals surface area (Å²) in [5, 5.41) is 0. The fourth-order valence-electron chi connectivity index (χ4n) is 5.46. The first-order valence-corrected chi connectivity index (χ1v) is 12.7. The van der Waals surface area contributed by atoms with Gasteiger partial charge in [-0.1, -0.05) is 0 Å². The molecule has 3 aliphatic heterocycles. The zero-order chi connectivity index (χ0) is 20.6. The number of piperidine rings is 2. The van der Waals surface area contributed by atoms with E-state index < -0.39 is 10.0 Å². The number of halogens is 1. The largest absolute Gasteiger partial charge is 0.490 e. The maximum atomic E-state index is 12.7. The summed E-state index contributed by atoms with van der Waals surface area (Å²) in [5.41, 5.74) is 2.61. The zero-order valence-corrected chi connectivity index (χ0v) is 19.9. The van der Waals surface area contributed by atoms with Crippen LogP contribution in [0.15, 0.2) is 12.1 Å². The highest BCUT2D eigenvalue weighted by molar-refractivity contribution is 7.89. The Balaban J connectivity index is 0.00000256. The van der Waals surface area contributed by atoms with Crippen LogP contribution in [0, 0.1) is 5.92 Å². The molecule has 4 rings (SSSR count). The highest BCUT2D eigenvalue weighted by Gasteiger charge is 2.45. The minimum absolute atomic E-state index is 0. The summed E-state index contributed by atoms with van der Waals surface area (Å²) in [6.07, 6.45) is 3.98. The number of sulfonamides is 1. The first-order valence-electron chi connectivity index (χ1n) is 11.1. The van der Waals surface area contributed by atoms with Crippen LogP contribution in [-0.4, -0.2) is 62.3 Å². The van der Waals surface area contributed by atoms with E-state index in [4.69, 9.17) is 9.47 Å². The molecule has 0 unspecified atom stereocenters. The number of benzene rings is 1. The van der Waals surface area contributed by atoms with Gasteiger partial charge in [0.2, 0.25) is 10.0 Å². The Hall–Kier alpha value is -1.02. The van der Waals surface area contributed by atoms with Gasteiger partial charge >= 0.3 is 0 Å². The molecule has 3 aliphatic rings. The van der Waals surface area contributed by atoms with Crippen molar-refractivity contribution in [2.24, 2.45) is 5.92 Å². The van der Waals surface area contributed by atoms with Crippen molar-refractivity contribution in [3.8, 4) is 11.5 Å². The van der Waals surface area contributed by atoms with Crippen LogP contribution in [0.4, 0.5) is 0 Å². The Kier molecular flexibility index (Phi) is 7.59. The van der Waals surface area contributed by atoms with E-state index in [9.17, 15) is 8.42 Å². The second-order valence-corrected chi connectivity index (χ2v) is 10.6. The van der Waals surface area contributed by atoms with E-state index in [0.29, 0.717) is 25.7 Å². The van der Waals surface area contributed by atoms with Gasteiger partial charge in [-0.05, 0) is 75.6 Å². The summed E-state index contributed by atoms with van der Waals surface area (Å²) >= 11 is 0. The van der Waals surface area contributed by atoms with E-state index >= 15 is 0 Å². The average Bonchev–Trinajstić information content (AvgIpc) is 2.72. The average molecular weight is 459 g/mol. The molecule has 30 heavy (non-hydrogen) atoms. The Morgan fingerprint density at radius 3 is 2.43 bits per heavy atom. The van der Waals surface area contributed by atoms with Crippen molar-refractivity contribution in [3.63, 3.8) is 0 Å². The molecule has 2 saturated heterocycles. The Morgan fingerprint density at radius 2 is 1.77 bits per heavy atom. The molecule has 0 aliphatic carbocycles. The van der Waals surface area contributed by atoms with Crippen LogP contribution in [0.1, 0.15) is 57.2 Å². The highest BCUT2D eigenvalue weighted by Crippen LogP contribution is 2.46. The van der Waals surface area contributed by atoms with Gasteiger partial charge in [0.15, 0.2) is 11.5 Å². The van der Waals surface area contributed by atoms with Gasteiger partial charge < -0.3 is 9.47 Å². The van der Waals surface area contributed by atoms with Crippen molar-refractivity contribution >= 4 is 22.4 Å². The summed E-state index contributed by atoms with van der Waals surface area (Å²) in [4.78, 5) is 2.57. The van der Waals surface area contributed by atoms with Crippen LogP contribution < -0.4 is 9.47 Å². The molecule has 3 atom stereocenters. The maximum absolute atomic E-state index is 12.7. The van der Waals surface area contributed by atoms with Crippen molar-refractivity contribution in [1.29, 1.82) is 0 Å². The topological polar surface area (TPSA) is 59.1 Å². The van der Waals surface area contributed by atoms with Crippen LogP contribution in [-0.2, 0) is 16.4 Å². The molecule has 0 aromatic heterocycles. The third-order valence-electron chi connectivity index (χ3n) is 6.80. The van der Waals surface area contributed by atoms with Gasteiger partial charge in [0.25, 0.3) is 0 Å². The normalized spacial score (nSPS) is 26.7. The number of rotatable bonds is 6. The molecule has 1 aromatic carbocycles. The summed E-state index contributed by atoms with van der Waals surface area (Å²) < 4.78 is 39.0. The minimum Gasteiger partial charge on any atom is -0.490 e. The quantitative estimate of drug-likeness (QED) is 0.651. The molecule has 0 saturated carbocycles. The van der Waals surface area contributed by atoms with Crippen molar-refractivity contribution in [2.75, 3.05) is 38.6 Å². The second kappa shape index (κ2) is 9.63. The van der Waals surface area contributed by atoms with Crippen molar-refractivity contribution in [2.45, 2.75) is 58.5 Å². The van der Waals surface area contributed by atoms with Crippen molar-refractivity contribution in [1.82, 2.24) is 9.21 Å². The lowest BCUT2D eigenvalue weighted by Crippen LogP contribution is -2.57. The van der Waals surface area contributed by atoms with Gasteiger partial charge in [-0.15, -0.1) is 12.4 Å². The molecule has 3 heterocycles. The van der Waals surface area contributed by atoms with Gasteiger partial charge in [-0.3, -0.25) is 4.90 Å².